The third-order valence-electron chi connectivity index (χ3n) is 6.88. The number of hydrogen-bond donors (Lipinski definition) is 1. The molecular weight excluding hydrogens is 414 g/mol. The van der Waals surface area contributed by atoms with Crippen LogP contribution < -0.4 is 10.1 Å². The molecule has 0 radical (unpaired) electrons. The highest BCUT2D eigenvalue weighted by Gasteiger charge is 2.51. The Morgan fingerprint density at radius 1 is 1.17 bits per heavy atom. The second-order valence-corrected chi connectivity index (χ2v) is 11.1. The van der Waals surface area contributed by atoms with Gasteiger partial charge in [-0.05, 0) is 68.4 Å². The molecule has 0 atom stereocenters. The van der Waals surface area contributed by atoms with Crippen LogP contribution in [0.3, 0.4) is 0 Å². The van der Waals surface area contributed by atoms with Crippen molar-refractivity contribution in [3.8, 4) is 0 Å². The number of hydrogen-bond acceptors (Lipinski definition) is 4. The third kappa shape index (κ3) is 4.02. The van der Waals surface area contributed by atoms with Crippen molar-refractivity contribution in [2.75, 3.05) is 5.75 Å². The van der Waals surface area contributed by atoms with Crippen LogP contribution in [0.5, 0.6) is 0 Å². The van der Waals surface area contributed by atoms with Crippen LogP contribution in [0.15, 0.2) is 45.7 Å². The summed E-state index contributed by atoms with van der Waals surface area (Å²) in [5, 5.41) is 5.32. The zero-order valence-corrected chi connectivity index (χ0v) is 18.8. The number of nitrogens with one attached hydrogen (secondary N) is 1. The van der Waals surface area contributed by atoms with Crippen LogP contribution in [0, 0.1) is 17.8 Å². The van der Waals surface area contributed by atoms with Crippen molar-refractivity contribution in [2.24, 2.45) is 29.8 Å². The van der Waals surface area contributed by atoms with Crippen LogP contribution in [0.25, 0.3) is 0 Å². The van der Waals surface area contributed by atoms with Gasteiger partial charge >= 0.3 is 0 Å². The summed E-state index contributed by atoms with van der Waals surface area (Å²) in [4.78, 5) is 31.3. The Bertz CT molecular complexity index is 1000. The molecule has 2 aromatic rings. The molecule has 6 rings (SSSR count). The molecule has 1 heterocycles. The highest BCUT2D eigenvalue weighted by Crippen LogP contribution is 2.55. The van der Waals surface area contributed by atoms with Gasteiger partial charge in [-0.1, -0.05) is 12.1 Å². The van der Waals surface area contributed by atoms with Crippen LogP contribution >= 0.6 is 23.1 Å². The van der Waals surface area contributed by atoms with Gasteiger partial charge in [-0.2, -0.15) is 4.99 Å². The van der Waals surface area contributed by atoms with E-state index < -0.39 is 0 Å². The predicted molar refractivity (Wildman–Crippen MR) is 119 cm³/mol. The number of carbonyl (C=O) groups excluding carboxylic acids is 2. The number of benzene rings is 1. The standard InChI is InChI=1S/C23H27N3O2S2/c1-26-6-7-29-22(26)24-21(28)18-4-2-3-5-19(18)30-14-20(27)25-23-11-15-8-16(12-23)10-17(9-15)13-23/h2-7,15-17H,8-14H2,1H3,(H,25,27). The number of rotatable bonds is 5. The predicted octanol–water partition coefficient (Wildman–Crippen LogP) is 4.00. The fraction of sp³-hybridized carbons (Fsp3) is 0.522. The number of nitrogens with zero attached hydrogens (tertiary/aromatic N) is 2. The Kier molecular flexibility index (Phi) is 5.35. The molecule has 1 aromatic carbocycles. The highest BCUT2D eigenvalue weighted by atomic mass is 32.2. The second-order valence-electron chi connectivity index (χ2n) is 9.24. The lowest BCUT2D eigenvalue weighted by Crippen LogP contribution is -2.60. The number of aryl methyl sites for hydroxylation is 1. The van der Waals surface area contributed by atoms with Gasteiger partial charge < -0.3 is 9.88 Å². The van der Waals surface area contributed by atoms with Crippen LogP contribution in [0.4, 0.5) is 0 Å². The van der Waals surface area contributed by atoms with Crippen molar-refractivity contribution in [3.05, 3.63) is 46.2 Å². The average Bonchev–Trinajstić information content (AvgIpc) is 3.09. The molecule has 1 aromatic heterocycles. The third-order valence-corrected chi connectivity index (χ3v) is 8.80. The van der Waals surface area contributed by atoms with Gasteiger partial charge in [-0.3, -0.25) is 9.59 Å². The van der Waals surface area contributed by atoms with Crippen molar-refractivity contribution < 1.29 is 9.59 Å². The minimum atomic E-state index is -0.266. The molecule has 0 saturated heterocycles. The fourth-order valence-corrected chi connectivity index (χ4v) is 7.66. The minimum Gasteiger partial charge on any atom is -0.350 e. The molecule has 0 aliphatic heterocycles. The quantitative estimate of drug-likeness (QED) is 0.713. The van der Waals surface area contributed by atoms with Crippen molar-refractivity contribution >= 4 is 34.9 Å². The maximum atomic E-state index is 12.8. The molecule has 158 valence electrons. The largest absolute Gasteiger partial charge is 0.350 e. The molecule has 4 bridgehead atoms. The summed E-state index contributed by atoms with van der Waals surface area (Å²) in [6, 6.07) is 7.44. The van der Waals surface area contributed by atoms with E-state index >= 15 is 0 Å². The van der Waals surface area contributed by atoms with E-state index in [2.05, 4.69) is 10.3 Å². The van der Waals surface area contributed by atoms with Gasteiger partial charge in [-0.25, -0.2) is 0 Å². The molecule has 5 nitrogen and oxygen atoms in total. The molecule has 1 N–H and O–H groups in total. The van der Waals surface area contributed by atoms with Crippen molar-refractivity contribution in [2.45, 2.75) is 49.0 Å². The summed E-state index contributed by atoms with van der Waals surface area (Å²) in [6.45, 7) is 0. The second kappa shape index (κ2) is 8.00. The number of carbonyl (C=O) groups is 2. The maximum Gasteiger partial charge on any atom is 0.280 e. The molecule has 2 amide bonds. The molecule has 4 aliphatic carbocycles. The summed E-state index contributed by atoms with van der Waals surface area (Å²) >= 11 is 2.86. The van der Waals surface area contributed by atoms with E-state index in [1.54, 1.807) is 6.07 Å². The summed E-state index contributed by atoms with van der Waals surface area (Å²) < 4.78 is 1.83. The molecule has 0 unspecified atom stereocenters. The SMILES string of the molecule is Cn1ccsc1=NC(=O)c1ccccc1SCC(=O)NC12CC3CC(CC(C3)C1)C2. The van der Waals surface area contributed by atoms with Gasteiger partial charge in [0.1, 0.15) is 0 Å². The van der Waals surface area contributed by atoms with E-state index in [4.69, 9.17) is 0 Å². The van der Waals surface area contributed by atoms with Gasteiger partial charge in [0.2, 0.25) is 5.91 Å². The zero-order valence-electron chi connectivity index (χ0n) is 17.2. The van der Waals surface area contributed by atoms with Crippen LogP contribution in [-0.4, -0.2) is 27.7 Å². The molecule has 7 heteroatoms. The van der Waals surface area contributed by atoms with E-state index in [9.17, 15) is 9.59 Å². The van der Waals surface area contributed by atoms with E-state index in [0.29, 0.717) is 16.1 Å². The summed E-state index contributed by atoms with van der Waals surface area (Å²) in [5.74, 6) is 2.58. The average molecular weight is 442 g/mol. The molecule has 30 heavy (non-hydrogen) atoms. The monoisotopic (exact) mass is 441 g/mol. The van der Waals surface area contributed by atoms with Gasteiger partial charge in [0.05, 0.1) is 11.3 Å². The minimum absolute atomic E-state index is 0.0327. The van der Waals surface area contributed by atoms with Crippen molar-refractivity contribution in [1.29, 1.82) is 0 Å². The van der Waals surface area contributed by atoms with Gasteiger partial charge in [0.15, 0.2) is 4.80 Å². The Labute approximate surface area is 185 Å². The first-order chi connectivity index (χ1) is 14.5. The van der Waals surface area contributed by atoms with E-state index in [1.165, 1.54) is 42.4 Å². The molecule has 0 spiro atoms. The van der Waals surface area contributed by atoms with Crippen LogP contribution in [0.2, 0.25) is 0 Å². The van der Waals surface area contributed by atoms with Gasteiger partial charge in [0, 0.05) is 29.1 Å². The van der Waals surface area contributed by atoms with E-state index in [-0.39, 0.29) is 17.4 Å². The van der Waals surface area contributed by atoms with Crippen LogP contribution in [-0.2, 0) is 11.8 Å². The Balaban J connectivity index is 1.25. The Morgan fingerprint density at radius 3 is 2.47 bits per heavy atom. The van der Waals surface area contributed by atoms with Crippen molar-refractivity contribution in [3.63, 3.8) is 0 Å². The first-order valence-corrected chi connectivity index (χ1v) is 12.6. The molecule has 4 aliphatic rings. The molecule has 4 saturated carbocycles. The topological polar surface area (TPSA) is 63.5 Å². The molecule has 4 fully saturated rings. The fourth-order valence-electron chi connectivity index (χ4n) is 6.09. The summed E-state index contributed by atoms with van der Waals surface area (Å²) in [5.41, 5.74) is 0.587. The lowest BCUT2D eigenvalue weighted by molar-refractivity contribution is -0.124. The van der Waals surface area contributed by atoms with Crippen LogP contribution in [0.1, 0.15) is 48.9 Å². The van der Waals surface area contributed by atoms with E-state index in [0.717, 1.165) is 41.9 Å². The van der Waals surface area contributed by atoms with E-state index in [1.807, 2.05) is 41.4 Å². The molecular formula is C23H27N3O2S2. The first kappa shape index (κ1) is 20.1. The normalized spacial score (nSPS) is 29.9. The van der Waals surface area contributed by atoms with Crippen molar-refractivity contribution in [1.82, 2.24) is 9.88 Å². The smallest absolute Gasteiger partial charge is 0.280 e. The summed E-state index contributed by atoms with van der Waals surface area (Å²) in [6.07, 6.45) is 9.44. The number of aromatic nitrogens is 1. The Morgan fingerprint density at radius 2 is 1.83 bits per heavy atom. The lowest BCUT2D eigenvalue weighted by Gasteiger charge is -2.56. The maximum absolute atomic E-state index is 12.8. The number of thioether (sulfide) groups is 1. The highest BCUT2D eigenvalue weighted by molar-refractivity contribution is 8.00. The van der Waals surface area contributed by atoms with Gasteiger partial charge in [-0.15, -0.1) is 23.1 Å². The zero-order chi connectivity index (χ0) is 20.7. The number of amides is 2. The first-order valence-electron chi connectivity index (χ1n) is 10.7. The van der Waals surface area contributed by atoms with Gasteiger partial charge in [0.25, 0.3) is 5.91 Å². The lowest BCUT2D eigenvalue weighted by atomic mass is 9.53. The Hall–Kier alpha value is -1.86. The number of thiazole rings is 1. The summed E-state index contributed by atoms with van der Waals surface area (Å²) in [7, 11) is 1.87.